The summed E-state index contributed by atoms with van der Waals surface area (Å²) in [5.74, 6) is 0.937. The Morgan fingerprint density at radius 1 is 1.17 bits per heavy atom. The van der Waals surface area contributed by atoms with E-state index in [1.807, 2.05) is 24.3 Å². The number of amides is 1. The summed E-state index contributed by atoms with van der Waals surface area (Å²) in [6, 6.07) is 15.7. The quantitative estimate of drug-likeness (QED) is 0.700. The van der Waals surface area contributed by atoms with Gasteiger partial charge in [-0.15, -0.1) is 0 Å². The van der Waals surface area contributed by atoms with E-state index in [0.717, 1.165) is 10.6 Å². The number of nitrogens with zero attached hydrogens (tertiary/aromatic N) is 3. The van der Waals surface area contributed by atoms with Crippen molar-refractivity contribution in [2.75, 3.05) is 11.1 Å². The topological polar surface area (TPSA) is 59.8 Å². The fraction of sp³-hybridized carbons (Fsp3) is 0.167. The largest absolute Gasteiger partial charge is 0.310 e. The van der Waals surface area contributed by atoms with Crippen molar-refractivity contribution >= 4 is 23.5 Å². The monoisotopic (exact) mass is 338 g/mol. The Labute approximate surface area is 145 Å². The van der Waals surface area contributed by atoms with E-state index in [0.29, 0.717) is 18.1 Å². The molecule has 5 nitrogen and oxygen atoms in total. The van der Waals surface area contributed by atoms with Crippen LogP contribution in [0.3, 0.4) is 0 Å². The number of aryl methyl sites for hydroxylation is 1. The number of nitrogens with one attached hydrogen (secondary N) is 1. The summed E-state index contributed by atoms with van der Waals surface area (Å²) in [7, 11) is 0. The summed E-state index contributed by atoms with van der Waals surface area (Å²) in [6.07, 6.45) is 3.41. The summed E-state index contributed by atoms with van der Waals surface area (Å²) >= 11 is 1.41. The Morgan fingerprint density at radius 3 is 2.88 bits per heavy atom. The standard InChI is InChI=1S/C18H18N4OS/c1-14-5-4-6-15(11-14)12-22-16(8-10-20-22)21-17(23)13-24-18-7-2-3-9-19-18/h2-11H,12-13H2,1H3,(H,21,23). The third-order valence-corrected chi connectivity index (χ3v) is 4.33. The maximum atomic E-state index is 12.1. The van der Waals surface area contributed by atoms with Crippen LogP contribution in [-0.2, 0) is 11.3 Å². The Morgan fingerprint density at radius 2 is 2.08 bits per heavy atom. The lowest BCUT2D eigenvalue weighted by Crippen LogP contribution is -2.17. The smallest absolute Gasteiger partial charge is 0.235 e. The zero-order valence-electron chi connectivity index (χ0n) is 13.3. The highest BCUT2D eigenvalue weighted by molar-refractivity contribution is 7.99. The number of anilines is 1. The molecular formula is C18H18N4OS. The molecule has 6 heteroatoms. The minimum absolute atomic E-state index is 0.0726. The first kappa shape index (κ1) is 16.3. The second-order valence-corrected chi connectivity index (χ2v) is 6.36. The Balaban J connectivity index is 1.59. The van der Waals surface area contributed by atoms with E-state index in [4.69, 9.17) is 0 Å². The molecule has 0 saturated carbocycles. The molecule has 0 saturated heterocycles. The molecule has 0 atom stereocenters. The number of thioether (sulfide) groups is 1. The molecule has 0 aliphatic rings. The molecule has 0 bridgehead atoms. The van der Waals surface area contributed by atoms with Crippen molar-refractivity contribution in [3.05, 3.63) is 72.1 Å². The summed E-state index contributed by atoms with van der Waals surface area (Å²) in [5.41, 5.74) is 2.36. The SMILES string of the molecule is Cc1cccc(Cn2nccc2NC(=O)CSc2ccccn2)c1. The predicted octanol–water partition coefficient (Wildman–Crippen LogP) is 3.37. The van der Waals surface area contributed by atoms with Crippen molar-refractivity contribution in [1.82, 2.24) is 14.8 Å². The molecule has 0 unspecified atom stereocenters. The van der Waals surface area contributed by atoms with Crippen molar-refractivity contribution in [3.63, 3.8) is 0 Å². The average Bonchev–Trinajstić information content (AvgIpc) is 3.01. The van der Waals surface area contributed by atoms with Gasteiger partial charge in [0.15, 0.2) is 0 Å². The highest BCUT2D eigenvalue weighted by atomic mass is 32.2. The maximum absolute atomic E-state index is 12.1. The number of pyridine rings is 1. The van der Waals surface area contributed by atoms with Gasteiger partial charge < -0.3 is 5.32 Å². The molecule has 0 fully saturated rings. The van der Waals surface area contributed by atoms with E-state index in [2.05, 4.69) is 40.5 Å². The highest BCUT2D eigenvalue weighted by Gasteiger charge is 2.09. The van der Waals surface area contributed by atoms with Gasteiger partial charge in [0.2, 0.25) is 5.91 Å². The van der Waals surface area contributed by atoms with Gasteiger partial charge in [-0.25, -0.2) is 9.67 Å². The summed E-state index contributed by atoms with van der Waals surface area (Å²) in [6.45, 7) is 2.68. The van der Waals surface area contributed by atoms with Gasteiger partial charge >= 0.3 is 0 Å². The van der Waals surface area contributed by atoms with Crippen LogP contribution in [0.1, 0.15) is 11.1 Å². The van der Waals surface area contributed by atoms with Gasteiger partial charge in [0.1, 0.15) is 5.82 Å². The molecule has 1 aromatic carbocycles. The molecule has 0 radical (unpaired) electrons. The van der Waals surface area contributed by atoms with Crippen LogP contribution >= 0.6 is 11.8 Å². The molecule has 122 valence electrons. The van der Waals surface area contributed by atoms with Gasteiger partial charge in [-0.1, -0.05) is 47.7 Å². The summed E-state index contributed by atoms with van der Waals surface area (Å²) in [5, 5.41) is 8.04. The zero-order valence-corrected chi connectivity index (χ0v) is 14.2. The van der Waals surface area contributed by atoms with Crippen molar-refractivity contribution < 1.29 is 4.79 Å². The van der Waals surface area contributed by atoms with E-state index in [1.54, 1.807) is 23.1 Å². The van der Waals surface area contributed by atoms with E-state index in [1.165, 1.54) is 17.3 Å². The van der Waals surface area contributed by atoms with Gasteiger partial charge in [0, 0.05) is 12.3 Å². The third-order valence-electron chi connectivity index (χ3n) is 3.39. The molecule has 1 N–H and O–H groups in total. The predicted molar refractivity (Wildman–Crippen MR) is 96.1 cm³/mol. The van der Waals surface area contributed by atoms with E-state index >= 15 is 0 Å². The molecule has 0 aliphatic heterocycles. The van der Waals surface area contributed by atoms with Crippen molar-refractivity contribution in [2.24, 2.45) is 0 Å². The number of aromatic nitrogens is 3. The number of benzene rings is 1. The Bertz CT molecular complexity index is 817. The van der Waals surface area contributed by atoms with Crippen LogP contribution in [0, 0.1) is 6.92 Å². The van der Waals surface area contributed by atoms with E-state index in [-0.39, 0.29) is 5.91 Å². The molecule has 2 aromatic heterocycles. The minimum atomic E-state index is -0.0726. The number of hydrogen-bond acceptors (Lipinski definition) is 4. The number of hydrogen-bond donors (Lipinski definition) is 1. The van der Waals surface area contributed by atoms with Gasteiger partial charge in [0.25, 0.3) is 0 Å². The molecule has 3 rings (SSSR count). The maximum Gasteiger partial charge on any atom is 0.235 e. The normalized spacial score (nSPS) is 10.5. The lowest BCUT2D eigenvalue weighted by atomic mass is 10.1. The number of rotatable bonds is 6. The molecular weight excluding hydrogens is 320 g/mol. The van der Waals surface area contributed by atoms with E-state index < -0.39 is 0 Å². The lowest BCUT2D eigenvalue weighted by molar-refractivity contribution is -0.113. The van der Waals surface area contributed by atoms with Crippen LogP contribution in [0.4, 0.5) is 5.82 Å². The van der Waals surface area contributed by atoms with Gasteiger partial charge in [-0.2, -0.15) is 5.10 Å². The van der Waals surface area contributed by atoms with Crippen LogP contribution in [0.15, 0.2) is 66.0 Å². The van der Waals surface area contributed by atoms with Crippen LogP contribution in [0.5, 0.6) is 0 Å². The Hall–Kier alpha value is -2.60. The van der Waals surface area contributed by atoms with Crippen LogP contribution in [0.25, 0.3) is 0 Å². The molecule has 0 spiro atoms. The third kappa shape index (κ3) is 4.45. The second kappa shape index (κ2) is 7.79. The molecule has 0 aliphatic carbocycles. The second-order valence-electron chi connectivity index (χ2n) is 5.37. The van der Waals surface area contributed by atoms with Gasteiger partial charge in [-0.05, 0) is 24.6 Å². The zero-order chi connectivity index (χ0) is 16.8. The van der Waals surface area contributed by atoms with Gasteiger partial charge in [-0.3, -0.25) is 4.79 Å². The molecule has 24 heavy (non-hydrogen) atoms. The highest BCUT2D eigenvalue weighted by Crippen LogP contribution is 2.15. The summed E-state index contributed by atoms with van der Waals surface area (Å²) < 4.78 is 1.79. The lowest BCUT2D eigenvalue weighted by Gasteiger charge is -2.09. The first-order valence-electron chi connectivity index (χ1n) is 7.62. The van der Waals surface area contributed by atoms with Crippen LogP contribution < -0.4 is 5.32 Å². The Kier molecular flexibility index (Phi) is 5.28. The van der Waals surface area contributed by atoms with Crippen molar-refractivity contribution in [3.8, 4) is 0 Å². The number of carbonyl (C=O) groups excluding carboxylic acids is 1. The van der Waals surface area contributed by atoms with Gasteiger partial charge in [0.05, 0.1) is 23.5 Å². The first-order chi connectivity index (χ1) is 11.7. The summed E-state index contributed by atoms with van der Waals surface area (Å²) in [4.78, 5) is 16.3. The van der Waals surface area contributed by atoms with Crippen LogP contribution in [-0.4, -0.2) is 26.4 Å². The molecule has 1 amide bonds. The molecule has 2 heterocycles. The van der Waals surface area contributed by atoms with Crippen LogP contribution in [0.2, 0.25) is 0 Å². The number of carbonyl (C=O) groups is 1. The minimum Gasteiger partial charge on any atom is -0.310 e. The van der Waals surface area contributed by atoms with E-state index in [9.17, 15) is 4.79 Å². The van der Waals surface area contributed by atoms with Crippen molar-refractivity contribution in [1.29, 1.82) is 0 Å². The average molecular weight is 338 g/mol. The molecule has 3 aromatic rings. The first-order valence-corrected chi connectivity index (χ1v) is 8.60. The fourth-order valence-electron chi connectivity index (χ4n) is 2.30. The fourth-order valence-corrected chi connectivity index (χ4v) is 2.96. The van der Waals surface area contributed by atoms with Crippen molar-refractivity contribution in [2.45, 2.75) is 18.5 Å².